The Morgan fingerprint density at radius 1 is 1.03 bits per heavy atom. The number of ether oxygens (including phenoxy) is 3. The Kier molecular flexibility index (Phi) is 8.15. The third-order valence-electron chi connectivity index (χ3n) is 4.04. The molecular weight excluding hydrogens is 396 g/mol. The molecule has 0 saturated carbocycles. The summed E-state index contributed by atoms with van der Waals surface area (Å²) >= 11 is 5.97. The first-order chi connectivity index (χ1) is 13.9. The van der Waals surface area contributed by atoms with Gasteiger partial charge in [0.15, 0.2) is 11.5 Å². The van der Waals surface area contributed by atoms with Crippen LogP contribution >= 0.6 is 11.6 Å². The van der Waals surface area contributed by atoms with Crippen molar-refractivity contribution in [3.05, 3.63) is 47.0 Å². The maximum Gasteiger partial charge on any atom is 0.254 e. The van der Waals surface area contributed by atoms with Crippen molar-refractivity contribution >= 4 is 29.1 Å². The Labute approximate surface area is 175 Å². The molecule has 29 heavy (non-hydrogen) atoms. The molecule has 0 fully saturated rings. The summed E-state index contributed by atoms with van der Waals surface area (Å²) in [6.45, 7) is 2.41. The minimum atomic E-state index is -0.378. The summed E-state index contributed by atoms with van der Waals surface area (Å²) in [5, 5.41) is 3.17. The summed E-state index contributed by atoms with van der Waals surface area (Å²) in [4.78, 5) is 26.4. The highest BCUT2D eigenvalue weighted by Crippen LogP contribution is 2.29. The lowest BCUT2D eigenvalue weighted by molar-refractivity contribution is -0.116. The van der Waals surface area contributed by atoms with Gasteiger partial charge in [0.2, 0.25) is 5.91 Å². The molecule has 1 N–H and O–H groups in total. The van der Waals surface area contributed by atoms with Crippen LogP contribution in [0.1, 0.15) is 23.7 Å². The summed E-state index contributed by atoms with van der Waals surface area (Å²) in [6.07, 6.45) is 0.860. The number of anilines is 1. The largest absolute Gasteiger partial charge is 0.495 e. The molecule has 156 valence electrons. The number of halogens is 1. The minimum absolute atomic E-state index is 0.148. The van der Waals surface area contributed by atoms with Crippen molar-refractivity contribution in [3.63, 3.8) is 0 Å². The van der Waals surface area contributed by atoms with Crippen molar-refractivity contribution in [3.8, 4) is 17.2 Å². The Bertz CT molecular complexity index is 872. The summed E-state index contributed by atoms with van der Waals surface area (Å²) < 4.78 is 16.1. The van der Waals surface area contributed by atoms with Crippen molar-refractivity contribution in [2.24, 2.45) is 0 Å². The van der Waals surface area contributed by atoms with Crippen LogP contribution in [0.4, 0.5) is 5.69 Å². The van der Waals surface area contributed by atoms with Gasteiger partial charge >= 0.3 is 0 Å². The SMILES string of the molecule is CCCOc1ccc(C(=O)N(C)CC(=O)Nc2cc(Cl)ccc2OC)cc1OC. The molecular formula is C21H25ClN2O5. The van der Waals surface area contributed by atoms with Crippen LogP contribution in [-0.4, -0.2) is 51.1 Å². The highest BCUT2D eigenvalue weighted by atomic mass is 35.5. The van der Waals surface area contributed by atoms with Gasteiger partial charge in [0.25, 0.3) is 5.91 Å². The van der Waals surface area contributed by atoms with Crippen LogP contribution < -0.4 is 19.5 Å². The second-order valence-electron chi connectivity index (χ2n) is 6.27. The lowest BCUT2D eigenvalue weighted by atomic mass is 10.1. The van der Waals surface area contributed by atoms with Gasteiger partial charge in [0.05, 0.1) is 33.1 Å². The molecule has 0 spiro atoms. The number of hydrogen-bond donors (Lipinski definition) is 1. The lowest BCUT2D eigenvalue weighted by Gasteiger charge is -2.18. The number of likely N-dealkylation sites (N-methyl/N-ethyl adjacent to an activating group) is 1. The predicted molar refractivity (Wildman–Crippen MR) is 112 cm³/mol. The maximum atomic E-state index is 12.7. The van der Waals surface area contributed by atoms with Crippen LogP contribution in [0.25, 0.3) is 0 Å². The van der Waals surface area contributed by atoms with Gasteiger partial charge < -0.3 is 24.4 Å². The molecule has 0 atom stereocenters. The quantitative estimate of drug-likeness (QED) is 0.666. The van der Waals surface area contributed by atoms with Crippen molar-refractivity contribution in [2.75, 3.05) is 39.7 Å². The number of nitrogens with zero attached hydrogens (tertiary/aromatic N) is 1. The Morgan fingerprint density at radius 3 is 2.38 bits per heavy atom. The first-order valence-corrected chi connectivity index (χ1v) is 9.47. The topological polar surface area (TPSA) is 77.1 Å². The van der Waals surface area contributed by atoms with E-state index in [1.54, 1.807) is 43.4 Å². The molecule has 0 aliphatic rings. The average molecular weight is 421 g/mol. The molecule has 0 bridgehead atoms. The maximum absolute atomic E-state index is 12.7. The molecule has 0 saturated heterocycles. The van der Waals surface area contributed by atoms with Crippen LogP contribution in [0.2, 0.25) is 5.02 Å². The van der Waals surface area contributed by atoms with Crippen molar-refractivity contribution < 1.29 is 23.8 Å². The molecule has 0 aromatic heterocycles. The number of carbonyl (C=O) groups is 2. The average Bonchev–Trinajstić information content (AvgIpc) is 2.71. The fourth-order valence-corrected chi connectivity index (χ4v) is 2.78. The Hall–Kier alpha value is -2.93. The van der Waals surface area contributed by atoms with E-state index in [9.17, 15) is 9.59 Å². The van der Waals surface area contributed by atoms with Gasteiger partial charge in [0, 0.05) is 17.6 Å². The third kappa shape index (κ3) is 6.02. The van der Waals surface area contributed by atoms with Gasteiger partial charge in [0.1, 0.15) is 5.75 Å². The van der Waals surface area contributed by atoms with Crippen LogP contribution in [0.3, 0.4) is 0 Å². The molecule has 0 unspecified atom stereocenters. The zero-order valence-electron chi connectivity index (χ0n) is 17.0. The summed E-state index contributed by atoms with van der Waals surface area (Å²) in [5.41, 5.74) is 0.825. The van der Waals surface area contributed by atoms with Crippen LogP contribution in [0.5, 0.6) is 17.2 Å². The van der Waals surface area contributed by atoms with E-state index in [-0.39, 0.29) is 18.4 Å². The summed E-state index contributed by atoms with van der Waals surface area (Å²) in [5.74, 6) is 0.809. The molecule has 2 amide bonds. The summed E-state index contributed by atoms with van der Waals surface area (Å²) in [7, 11) is 4.55. The van der Waals surface area contributed by atoms with Gasteiger partial charge in [-0.1, -0.05) is 18.5 Å². The van der Waals surface area contributed by atoms with Crippen molar-refractivity contribution in [1.82, 2.24) is 4.90 Å². The number of rotatable bonds is 9. The highest BCUT2D eigenvalue weighted by Gasteiger charge is 2.18. The molecule has 0 aliphatic heterocycles. The molecule has 2 rings (SSSR count). The number of carbonyl (C=O) groups excluding carboxylic acids is 2. The van der Waals surface area contributed by atoms with Gasteiger partial charge in [-0.25, -0.2) is 0 Å². The Balaban J connectivity index is 2.06. The molecule has 7 nitrogen and oxygen atoms in total. The van der Waals surface area contributed by atoms with Gasteiger partial charge in [-0.15, -0.1) is 0 Å². The first kappa shape index (κ1) is 22.4. The second kappa shape index (κ2) is 10.6. The Morgan fingerprint density at radius 2 is 1.72 bits per heavy atom. The number of methoxy groups -OCH3 is 2. The summed E-state index contributed by atoms with van der Waals surface area (Å²) in [6, 6.07) is 9.83. The monoisotopic (exact) mass is 420 g/mol. The smallest absolute Gasteiger partial charge is 0.254 e. The molecule has 2 aromatic rings. The van der Waals surface area contributed by atoms with E-state index < -0.39 is 0 Å². The molecule has 0 radical (unpaired) electrons. The minimum Gasteiger partial charge on any atom is -0.495 e. The molecule has 0 aliphatic carbocycles. The van der Waals surface area contributed by atoms with Gasteiger partial charge in [-0.2, -0.15) is 0 Å². The van der Waals surface area contributed by atoms with Gasteiger partial charge in [-0.05, 0) is 42.8 Å². The zero-order valence-corrected chi connectivity index (χ0v) is 17.7. The number of nitrogens with one attached hydrogen (secondary N) is 1. The van der Waals surface area contributed by atoms with Crippen molar-refractivity contribution in [2.45, 2.75) is 13.3 Å². The second-order valence-corrected chi connectivity index (χ2v) is 6.70. The van der Waals surface area contributed by atoms with E-state index >= 15 is 0 Å². The molecule has 8 heteroatoms. The zero-order chi connectivity index (χ0) is 21.4. The highest BCUT2D eigenvalue weighted by molar-refractivity contribution is 6.31. The first-order valence-electron chi connectivity index (χ1n) is 9.09. The van der Waals surface area contributed by atoms with E-state index in [0.717, 1.165) is 6.42 Å². The van der Waals surface area contributed by atoms with E-state index in [0.29, 0.717) is 40.1 Å². The fourth-order valence-electron chi connectivity index (χ4n) is 2.61. The standard InChI is InChI=1S/C21H25ClN2O5/c1-5-10-29-18-8-6-14(11-19(18)28-4)21(26)24(2)13-20(25)23-16-12-15(22)7-9-17(16)27-3/h6-9,11-12H,5,10,13H2,1-4H3,(H,23,25). The van der Waals surface area contributed by atoms with E-state index in [1.807, 2.05) is 6.92 Å². The van der Waals surface area contributed by atoms with Crippen molar-refractivity contribution in [1.29, 1.82) is 0 Å². The predicted octanol–water partition coefficient (Wildman–Crippen LogP) is 3.86. The van der Waals surface area contributed by atoms with Crippen LogP contribution in [0, 0.1) is 0 Å². The van der Waals surface area contributed by atoms with Gasteiger partial charge in [-0.3, -0.25) is 9.59 Å². The van der Waals surface area contributed by atoms with E-state index in [1.165, 1.54) is 19.1 Å². The number of benzene rings is 2. The number of amides is 2. The third-order valence-corrected chi connectivity index (χ3v) is 4.27. The van der Waals surface area contributed by atoms with Crippen LogP contribution in [0.15, 0.2) is 36.4 Å². The van der Waals surface area contributed by atoms with Crippen LogP contribution in [-0.2, 0) is 4.79 Å². The number of hydrogen-bond acceptors (Lipinski definition) is 5. The lowest BCUT2D eigenvalue weighted by Crippen LogP contribution is -2.35. The molecule has 0 heterocycles. The fraction of sp³-hybridized carbons (Fsp3) is 0.333. The normalized spacial score (nSPS) is 10.2. The molecule has 2 aromatic carbocycles. The van der Waals surface area contributed by atoms with E-state index in [4.69, 9.17) is 25.8 Å². The van der Waals surface area contributed by atoms with E-state index in [2.05, 4.69) is 5.32 Å².